The zero-order chi connectivity index (χ0) is 12.3. The minimum atomic E-state index is 0.579. The molecule has 0 spiro atoms. The second-order valence-electron chi connectivity index (χ2n) is 4.44. The fraction of sp³-hybridized carbons (Fsp3) is 0.385. The predicted molar refractivity (Wildman–Crippen MR) is 72.3 cm³/mol. The van der Waals surface area contributed by atoms with Crippen LogP contribution in [0.1, 0.15) is 36.6 Å². The molecule has 4 heteroatoms. The third kappa shape index (κ3) is 3.16. The summed E-state index contributed by atoms with van der Waals surface area (Å²) in [6.45, 7) is 5.18. The van der Waals surface area contributed by atoms with Crippen LogP contribution in [0.25, 0.3) is 0 Å². The molecule has 0 amide bonds. The number of aromatic nitrogens is 3. The van der Waals surface area contributed by atoms with Gasteiger partial charge >= 0.3 is 0 Å². The number of halogens is 1. The van der Waals surface area contributed by atoms with E-state index in [2.05, 4.69) is 64.4 Å². The fourth-order valence-electron chi connectivity index (χ4n) is 1.67. The summed E-state index contributed by atoms with van der Waals surface area (Å²) in [4.78, 5) is 0. The summed E-state index contributed by atoms with van der Waals surface area (Å²) in [7, 11) is 0. The Kier molecular flexibility index (Phi) is 3.94. The number of benzene rings is 1. The molecule has 2 rings (SSSR count). The molecular formula is C13H16BrN3. The van der Waals surface area contributed by atoms with Crippen LogP contribution in [0.3, 0.4) is 0 Å². The van der Waals surface area contributed by atoms with Gasteiger partial charge in [-0.3, -0.25) is 0 Å². The molecule has 0 fully saturated rings. The lowest BCUT2D eigenvalue weighted by Crippen LogP contribution is -2.00. The standard InChI is InChI=1S/C13H16BrN3/c1-10(2)12-5-3-11(4-6-12)8-17-9-13(7-14)15-16-17/h3-6,9-10H,7-8H2,1-2H3. The molecule has 0 aliphatic heterocycles. The van der Waals surface area contributed by atoms with Gasteiger partial charge in [-0.15, -0.1) is 5.10 Å². The molecule has 1 aromatic carbocycles. The Bertz CT molecular complexity index is 474. The van der Waals surface area contributed by atoms with Gasteiger partial charge in [0.05, 0.1) is 12.2 Å². The Hall–Kier alpha value is -1.16. The van der Waals surface area contributed by atoms with Gasteiger partial charge in [-0.25, -0.2) is 4.68 Å². The first kappa shape index (κ1) is 12.3. The van der Waals surface area contributed by atoms with Gasteiger partial charge in [-0.05, 0) is 17.0 Å². The Morgan fingerprint density at radius 3 is 2.47 bits per heavy atom. The maximum Gasteiger partial charge on any atom is 0.0932 e. The van der Waals surface area contributed by atoms with Crippen molar-refractivity contribution in [2.45, 2.75) is 31.6 Å². The second kappa shape index (κ2) is 5.45. The van der Waals surface area contributed by atoms with Gasteiger partial charge in [-0.2, -0.15) is 0 Å². The Morgan fingerprint density at radius 1 is 1.24 bits per heavy atom. The van der Waals surface area contributed by atoms with E-state index in [-0.39, 0.29) is 0 Å². The average molecular weight is 294 g/mol. The third-order valence-corrected chi connectivity index (χ3v) is 3.29. The van der Waals surface area contributed by atoms with Gasteiger partial charge in [0.2, 0.25) is 0 Å². The topological polar surface area (TPSA) is 30.7 Å². The largest absolute Gasteiger partial charge is 0.248 e. The van der Waals surface area contributed by atoms with E-state index in [1.807, 2.05) is 10.9 Å². The first-order valence-electron chi connectivity index (χ1n) is 5.73. The van der Waals surface area contributed by atoms with E-state index in [4.69, 9.17) is 0 Å². The minimum Gasteiger partial charge on any atom is -0.248 e. The van der Waals surface area contributed by atoms with Crippen molar-refractivity contribution in [3.05, 3.63) is 47.3 Å². The molecule has 0 aliphatic rings. The van der Waals surface area contributed by atoms with E-state index in [0.717, 1.165) is 17.6 Å². The Morgan fingerprint density at radius 2 is 1.94 bits per heavy atom. The van der Waals surface area contributed by atoms with Gasteiger partial charge in [0, 0.05) is 11.5 Å². The van der Waals surface area contributed by atoms with E-state index in [0.29, 0.717) is 5.92 Å². The molecule has 0 saturated heterocycles. The normalized spacial score (nSPS) is 11.1. The smallest absolute Gasteiger partial charge is 0.0932 e. The predicted octanol–water partition coefficient (Wildman–Crippen LogP) is 3.34. The number of rotatable bonds is 4. The quantitative estimate of drug-likeness (QED) is 0.810. The van der Waals surface area contributed by atoms with Crippen molar-refractivity contribution in [2.75, 3.05) is 0 Å². The van der Waals surface area contributed by atoms with Crippen LogP contribution in [-0.2, 0) is 11.9 Å². The van der Waals surface area contributed by atoms with E-state index < -0.39 is 0 Å². The zero-order valence-corrected chi connectivity index (χ0v) is 11.7. The number of hydrogen-bond donors (Lipinski definition) is 0. The number of alkyl halides is 1. The molecule has 0 unspecified atom stereocenters. The van der Waals surface area contributed by atoms with E-state index in [9.17, 15) is 0 Å². The first-order valence-corrected chi connectivity index (χ1v) is 6.85. The second-order valence-corrected chi connectivity index (χ2v) is 5.00. The highest BCUT2D eigenvalue weighted by atomic mass is 79.9. The molecule has 3 nitrogen and oxygen atoms in total. The van der Waals surface area contributed by atoms with Crippen LogP contribution in [0, 0.1) is 0 Å². The van der Waals surface area contributed by atoms with Crippen molar-refractivity contribution in [3.63, 3.8) is 0 Å². The summed E-state index contributed by atoms with van der Waals surface area (Å²) in [6.07, 6.45) is 1.96. The highest BCUT2D eigenvalue weighted by molar-refractivity contribution is 9.08. The molecule has 0 N–H and O–H groups in total. The van der Waals surface area contributed by atoms with Crippen molar-refractivity contribution in [2.24, 2.45) is 0 Å². The summed E-state index contributed by atoms with van der Waals surface area (Å²) in [5.41, 5.74) is 3.58. The van der Waals surface area contributed by atoms with Crippen molar-refractivity contribution in [1.29, 1.82) is 0 Å². The fourth-order valence-corrected chi connectivity index (χ4v) is 1.93. The lowest BCUT2D eigenvalue weighted by atomic mass is 10.0. The SMILES string of the molecule is CC(C)c1ccc(Cn2cc(CBr)nn2)cc1. The summed E-state index contributed by atoms with van der Waals surface area (Å²) < 4.78 is 1.86. The minimum absolute atomic E-state index is 0.579. The summed E-state index contributed by atoms with van der Waals surface area (Å²) >= 11 is 3.37. The monoisotopic (exact) mass is 293 g/mol. The zero-order valence-electron chi connectivity index (χ0n) is 10.1. The lowest BCUT2D eigenvalue weighted by molar-refractivity contribution is 0.649. The maximum atomic E-state index is 4.08. The lowest BCUT2D eigenvalue weighted by Gasteiger charge is -2.06. The summed E-state index contributed by atoms with van der Waals surface area (Å²) in [5, 5.41) is 8.87. The van der Waals surface area contributed by atoms with Gasteiger partial charge < -0.3 is 0 Å². The van der Waals surface area contributed by atoms with Crippen molar-refractivity contribution >= 4 is 15.9 Å². The average Bonchev–Trinajstić information content (AvgIpc) is 2.77. The van der Waals surface area contributed by atoms with Crippen LogP contribution < -0.4 is 0 Å². The Labute approximate surface area is 110 Å². The molecular weight excluding hydrogens is 278 g/mol. The molecule has 1 heterocycles. The van der Waals surface area contributed by atoms with Gasteiger partial charge in [0.15, 0.2) is 0 Å². The molecule has 0 saturated carbocycles. The van der Waals surface area contributed by atoms with Gasteiger partial charge in [-0.1, -0.05) is 59.3 Å². The van der Waals surface area contributed by atoms with Crippen LogP contribution >= 0.6 is 15.9 Å². The van der Waals surface area contributed by atoms with Crippen molar-refractivity contribution in [3.8, 4) is 0 Å². The van der Waals surface area contributed by atoms with Crippen LogP contribution in [0.15, 0.2) is 30.5 Å². The van der Waals surface area contributed by atoms with Crippen molar-refractivity contribution < 1.29 is 0 Å². The van der Waals surface area contributed by atoms with Gasteiger partial charge in [0.25, 0.3) is 0 Å². The summed E-state index contributed by atoms with van der Waals surface area (Å²) in [6, 6.07) is 8.68. The molecule has 0 radical (unpaired) electrons. The number of hydrogen-bond acceptors (Lipinski definition) is 2. The van der Waals surface area contributed by atoms with Crippen LogP contribution in [0.2, 0.25) is 0 Å². The molecule has 1 aromatic heterocycles. The highest BCUT2D eigenvalue weighted by Crippen LogP contribution is 2.15. The first-order chi connectivity index (χ1) is 8.19. The molecule has 90 valence electrons. The highest BCUT2D eigenvalue weighted by Gasteiger charge is 2.02. The van der Waals surface area contributed by atoms with Gasteiger partial charge in [0.1, 0.15) is 0 Å². The maximum absolute atomic E-state index is 4.08. The van der Waals surface area contributed by atoms with Crippen LogP contribution in [0.5, 0.6) is 0 Å². The summed E-state index contributed by atoms with van der Waals surface area (Å²) in [5.74, 6) is 0.579. The molecule has 17 heavy (non-hydrogen) atoms. The molecule has 2 aromatic rings. The van der Waals surface area contributed by atoms with E-state index in [1.165, 1.54) is 11.1 Å². The van der Waals surface area contributed by atoms with E-state index in [1.54, 1.807) is 0 Å². The number of nitrogens with zero attached hydrogens (tertiary/aromatic N) is 3. The van der Waals surface area contributed by atoms with E-state index >= 15 is 0 Å². The third-order valence-electron chi connectivity index (χ3n) is 2.71. The molecule has 0 atom stereocenters. The molecule has 0 bridgehead atoms. The molecule has 0 aliphatic carbocycles. The van der Waals surface area contributed by atoms with Crippen molar-refractivity contribution in [1.82, 2.24) is 15.0 Å². The van der Waals surface area contributed by atoms with Crippen LogP contribution in [-0.4, -0.2) is 15.0 Å². The Balaban J connectivity index is 2.08. The van der Waals surface area contributed by atoms with Crippen LogP contribution in [0.4, 0.5) is 0 Å².